The molecule has 2 aliphatic carbocycles. The van der Waals surface area contributed by atoms with Crippen molar-refractivity contribution in [2.75, 3.05) is 19.4 Å². The van der Waals surface area contributed by atoms with Crippen LogP contribution < -0.4 is 5.32 Å². The zero-order chi connectivity index (χ0) is 11.8. The van der Waals surface area contributed by atoms with Crippen molar-refractivity contribution in [3.8, 4) is 0 Å². The van der Waals surface area contributed by atoms with Gasteiger partial charge in [-0.1, -0.05) is 6.42 Å². The molecule has 1 unspecified atom stereocenters. The number of hydrogen-bond donors (Lipinski definition) is 1. The van der Waals surface area contributed by atoms with E-state index in [1.165, 1.54) is 57.9 Å². The first kappa shape index (κ1) is 12.3. The molecule has 17 heavy (non-hydrogen) atoms. The quantitative estimate of drug-likeness (QED) is 0.834. The lowest BCUT2D eigenvalue weighted by atomic mass is 9.73. The van der Waals surface area contributed by atoms with E-state index in [-0.39, 0.29) is 0 Å². The summed E-state index contributed by atoms with van der Waals surface area (Å²) in [5.74, 6) is 0. The summed E-state index contributed by atoms with van der Waals surface area (Å²) in [6.07, 6.45) is 13.0. The smallest absolute Gasteiger partial charge is 0.0697 e. The van der Waals surface area contributed by atoms with Crippen molar-refractivity contribution in [2.24, 2.45) is 0 Å². The van der Waals surface area contributed by atoms with Crippen molar-refractivity contribution in [1.29, 1.82) is 0 Å². The van der Waals surface area contributed by atoms with Gasteiger partial charge in [0.15, 0.2) is 0 Å². The molecule has 1 N–H and O–H groups in total. The zero-order valence-electron chi connectivity index (χ0n) is 11.0. The van der Waals surface area contributed by atoms with E-state index >= 15 is 0 Å². The second-order valence-electron chi connectivity index (χ2n) is 6.20. The minimum Gasteiger partial charge on any atom is -0.375 e. The molecule has 3 rings (SSSR count). The van der Waals surface area contributed by atoms with Gasteiger partial charge in [0.2, 0.25) is 0 Å². The lowest BCUT2D eigenvalue weighted by molar-refractivity contribution is -0.135. The van der Waals surface area contributed by atoms with Gasteiger partial charge in [-0.2, -0.15) is 11.8 Å². The Balaban J connectivity index is 1.48. The minimum atomic E-state index is 0.294. The molecule has 1 atom stereocenters. The van der Waals surface area contributed by atoms with Gasteiger partial charge >= 0.3 is 0 Å². The average molecular weight is 255 g/mol. The van der Waals surface area contributed by atoms with E-state index in [0.29, 0.717) is 16.4 Å². The molecule has 3 fully saturated rings. The fraction of sp³-hybridized carbons (Fsp3) is 1.00. The molecule has 0 aromatic rings. The molecule has 2 nitrogen and oxygen atoms in total. The molecule has 2 saturated carbocycles. The fourth-order valence-corrected chi connectivity index (χ4v) is 4.40. The van der Waals surface area contributed by atoms with Crippen molar-refractivity contribution in [2.45, 2.75) is 67.8 Å². The molecule has 1 spiro atoms. The average Bonchev–Trinajstić information content (AvgIpc) is 2.27. The van der Waals surface area contributed by atoms with Crippen molar-refractivity contribution in [3.63, 3.8) is 0 Å². The third-order valence-electron chi connectivity index (χ3n) is 5.17. The van der Waals surface area contributed by atoms with Crippen LogP contribution in [0.3, 0.4) is 0 Å². The Kier molecular flexibility index (Phi) is 3.44. The summed E-state index contributed by atoms with van der Waals surface area (Å²) in [5, 5.41) is 3.84. The largest absolute Gasteiger partial charge is 0.375 e. The normalized spacial score (nSPS) is 34.1. The first-order valence-corrected chi connectivity index (χ1v) is 8.41. The van der Waals surface area contributed by atoms with Gasteiger partial charge in [-0.15, -0.1) is 0 Å². The Morgan fingerprint density at radius 1 is 1.24 bits per heavy atom. The Bertz CT molecular complexity index is 268. The molecule has 1 heterocycles. The topological polar surface area (TPSA) is 21.3 Å². The van der Waals surface area contributed by atoms with Gasteiger partial charge in [0, 0.05) is 23.9 Å². The summed E-state index contributed by atoms with van der Waals surface area (Å²) in [7, 11) is 0. The van der Waals surface area contributed by atoms with E-state index in [9.17, 15) is 0 Å². The van der Waals surface area contributed by atoms with Gasteiger partial charge in [-0.25, -0.2) is 0 Å². The van der Waals surface area contributed by atoms with Crippen molar-refractivity contribution >= 4 is 11.8 Å². The number of nitrogens with one attached hydrogen (secondary N) is 1. The monoisotopic (exact) mass is 255 g/mol. The molecule has 0 aromatic heterocycles. The lowest BCUT2D eigenvalue weighted by Gasteiger charge is -2.48. The van der Waals surface area contributed by atoms with Gasteiger partial charge in [-0.05, 0) is 51.2 Å². The number of thioether (sulfide) groups is 1. The molecule has 1 aliphatic heterocycles. The molecule has 0 amide bonds. The van der Waals surface area contributed by atoms with Crippen LogP contribution in [-0.4, -0.2) is 35.8 Å². The van der Waals surface area contributed by atoms with Gasteiger partial charge in [0.1, 0.15) is 0 Å². The van der Waals surface area contributed by atoms with Crippen LogP contribution in [0, 0.1) is 0 Å². The Labute approximate surface area is 109 Å². The van der Waals surface area contributed by atoms with E-state index in [2.05, 4.69) is 23.3 Å². The Morgan fingerprint density at radius 2 is 2.00 bits per heavy atom. The minimum absolute atomic E-state index is 0.294. The van der Waals surface area contributed by atoms with E-state index in [1.54, 1.807) is 0 Å². The molecular formula is C14H25NOS. The summed E-state index contributed by atoms with van der Waals surface area (Å²) in [6.45, 7) is 2.19. The van der Waals surface area contributed by atoms with Gasteiger partial charge in [0.25, 0.3) is 0 Å². The van der Waals surface area contributed by atoms with Crippen LogP contribution in [0.5, 0.6) is 0 Å². The number of ether oxygens (including phenoxy) is 1. The predicted molar refractivity (Wildman–Crippen MR) is 73.7 cm³/mol. The molecular weight excluding hydrogens is 230 g/mol. The summed E-state index contributed by atoms with van der Waals surface area (Å²) >= 11 is 2.07. The summed E-state index contributed by atoms with van der Waals surface area (Å²) in [4.78, 5) is 0. The van der Waals surface area contributed by atoms with Crippen molar-refractivity contribution < 1.29 is 4.74 Å². The first-order chi connectivity index (χ1) is 8.26. The fourth-order valence-electron chi connectivity index (χ4n) is 3.48. The lowest BCUT2D eigenvalue weighted by Crippen LogP contribution is -2.54. The standard InChI is InChI=1S/C14H25NOS/c1-17-14(7-3-8-14)11-15-12-4-9-16-13(10-12)5-2-6-13/h12,15H,2-11H2,1H3. The highest BCUT2D eigenvalue weighted by atomic mass is 32.2. The molecule has 98 valence electrons. The maximum absolute atomic E-state index is 5.99. The third kappa shape index (κ3) is 2.39. The summed E-state index contributed by atoms with van der Waals surface area (Å²) < 4.78 is 6.56. The van der Waals surface area contributed by atoms with Crippen LogP contribution in [-0.2, 0) is 4.74 Å². The third-order valence-corrected chi connectivity index (χ3v) is 6.59. The van der Waals surface area contributed by atoms with Gasteiger partial charge in [-0.3, -0.25) is 0 Å². The summed E-state index contributed by atoms with van der Waals surface area (Å²) in [6, 6.07) is 0.716. The van der Waals surface area contributed by atoms with Gasteiger partial charge < -0.3 is 10.1 Å². The molecule has 1 saturated heterocycles. The van der Waals surface area contributed by atoms with Crippen LogP contribution >= 0.6 is 11.8 Å². The molecule has 3 aliphatic rings. The van der Waals surface area contributed by atoms with E-state index in [4.69, 9.17) is 4.74 Å². The second-order valence-corrected chi connectivity index (χ2v) is 7.47. The molecule has 0 radical (unpaired) electrons. The highest BCUT2D eigenvalue weighted by Gasteiger charge is 2.43. The van der Waals surface area contributed by atoms with Crippen LogP contribution in [0.25, 0.3) is 0 Å². The van der Waals surface area contributed by atoms with E-state index < -0.39 is 0 Å². The van der Waals surface area contributed by atoms with Crippen LogP contribution in [0.15, 0.2) is 0 Å². The molecule has 0 aromatic carbocycles. The second kappa shape index (κ2) is 4.75. The predicted octanol–water partition coefficient (Wildman–Crippen LogP) is 2.96. The maximum atomic E-state index is 5.99. The van der Waals surface area contributed by atoms with Crippen LogP contribution in [0.2, 0.25) is 0 Å². The summed E-state index contributed by atoms with van der Waals surface area (Å²) in [5.41, 5.74) is 0.294. The Morgan fingerprint density at radius 3 is 2.53 bits per heavy atom. The van der Waals surface area contributed by atoms with Crippen LogP contribution in [0.1, 0.15) is 51.4 Å². The van der Waals surface area contributed by atoms with Crippen molar-refractivity contribution in [1.82, 2.24) is 5.32 Å². The van der Waals surface area contributed by atoms with Crippen LogP contribution in [0.4, 0.5) is 0 Å². The van der Waals surface area contributed by atoms with Gasteiger partial charge in [0.05, 0.1) is 5.60 Å². The van der Waals surface area contributed by atoms with Crippen molar-refractivity contribution in [3.05, 3.63) is 0 Å². The first-order valence-electron chi connectivity index (χ1n) is 7.19. The highest BCUT2D eigenvalue weighted by molar-refractivity contribution is 8.00. The molecule has 3 heteroatoms. The Hall–Kier alpha value is 0.270. The van der Waals surface area contributed by atoms with E-state index in [0.717, 1.165) is 6.61 Å². The highest BCUT2D eigenvalue weighted by Crippen LogP contribution is 2.44. The molecule has 0 bridgehead atoms. The SMILES string of the molecule is CSC1(CNC2CCOC3(CCC3)C2)CCC1. The van der Waals surface area contributed by atoms with E-state index in [1.807, 2.05) is 0 Å². The zero-order valence-corrected chi connectivity index (χ0v) is 11.8. The number of hydrogen-bond acceptors (Lipinski definition) is 3. The number of rotatable bonds is 4. The maximum Gasteiger partial charge on any atom is 0.0697 e.